The maximum atomic E-state index is 4.35. The normalized spacial score (nSPS) is 12.4. The Labute approximate surface area is 86.2 Å². The van der Waals surface area contributed by atoms with Gasteiger partial charge in [-0.05, 0) is 25.8 Å². The highest BCUT2D eigenvalue weighted by atomic mass is 14.7. The number of nitrogens with zero attached hydrogens (tertiary/aromatic N) is 1. The van der Waals surface area contributed by atoms with Crippen LogP contribution in [0.5, 0.6) is 0 Å². The molecule has 1 aromatic rings. The van der Waals surface area contributed by atoms with Crippen LogP contribution < -0.4 is 0 Å². The highest BCUT2D eigenvalue weighted by Gasteiger charge is 1.96. The van der Waals surface area contributed by atoms with E-state index in [1.165, 1.54) is 11.1 Å². The summed E-state index contributed by atoms with van der Waals surface area (Å²) in [6.07, 6.45) is 4.99. The van der Waals surface area contributed by atoms with Gasteiger partial charge in [-0.2, -0.15) is 0 Å². The molecule has 0 amide bonds. The second-order valence-electron chi connectivity index (χ2n) is 3.25. The van der Waals surface area contributed by atoms with Gasteiger partial charge in [-0.3, -0.25) is 4.99 Å². The van der Waals surface area contributed by atoms with Crippen molar-refractivity contribution in [1.29, 1.82) is 0 Å². The molecule has 0 N–H and O–H groups in total. The summed E-state index contributed by atoms with van der Waals surface area (Å²) >= 11 is 0. The van der Waals surface area contributed by atoms with Gasteiger partial charge in [0, 0.05) is 6.21 Å². The molecule has 0 heterocycles. The Morgan fingerprint density at radius 2 is 1.93 bits per heavy atom. The molecule has 0 aliphatic rings. The number of allylic oxidation sites excluding steroid dienone is 1. The van der Waals surface area contributed by atoms with E-state index in [4.69, 9.17) is 0 Å². The highest BCUT2D eigenvalue weighted by Crippen LogP contribution is 2.16. The molecule has 1 heteroatoms. The van der Waals surface area contributed by atoms with Crippen LogP contribution in [0.3, 0.4) is 0 Å². The second-order valence-corrected chi connectivity index (χ2v) is 3.25. The fourth-order valence-corrected chi connectivity index (χ4v) is 1.30. The Kier molecular flexibility index (Phi) is 4.11. The average molecular weight is 187 g/mol. The van der Waals surface area contributed by atoms with E-state index in [0.29, 0.717) is 0 Å². The lowest BCUT2D eigenvalue weighted by Gasteiger charge is -2.02. The summed E-state index contributed by atoms with van der Waals surface area (Å²) in [6, 6.07) is 8.46. The second kappa shape index (κ2) is 5.38. The number of hydrogen-bond acceptors (Lipinski definition) is 1. The standard InChI is InChI=1S/C13H17N/c1-4-6-13(14-5-2)12-9-7-11(3)8-10-12/h5-10H,4H2,1-3H3/b13-6-,14-5?. The molecular formula is C13H17N. The van der Waals surface area contributed by atoms with Crippen molar-refractivity contribution < 1.29 is 0 Å². The number of aliphatic imine (C=N–C) groups is 1. The van der Waals surface area contributed by atoms with E-state index in [0.717, 1.165) is 12.1 Å². The Hall–Kier alpha value is -1.37. The maximum absolute atomic E-state index is 4.35. The van der Waals surface area contributed by atoms with E-state index < -0.39 is 0 Å². The van der Waals surface area contributed by atoms with E-state index in [2.05, 4.69) is 49.2 Å². The van der Waals surface area contributed by atoms with Crippen molar-refractivity contribution in [3.05, 3.63) is 41.5 Å². The summed E-state index contributed by atoms with van der Waals surface area (Å²) in [5, 5.41) is 0. The van der Waals surface area contributed by atoms with Crippen LogP contribution in [0.15, 0.2) is 35.3 Å². The third-order valence-corrected chi connectivity index (χ3v) is 2.01. The summed E-state index contributed by atoms with van der Waals surface area (Å²) in [7, 11) is 0. The number of rotatable bonds is 3. The van der Waals surface area contributed by atoms with Crippen molar-refractivity contribution in [2.45, 2.75) is 27.2 Å². The molecule has 0 aliphatic heterocycles. The Bertz CT molecular complexity index is 331. The van der Waals surface area contributed by atoms with Gasteiger partial charge in [0.25, 0.3) is 0 Å². The topological polar surface area (TPSA) is 12.4 Å². The predicted octanol–water partition coefficient (Wildman–Crippen LogP) is 3.84. The van der Waals surface area contributed by atoms with Gasteiger partial charge in [-0.15, -0.1) is 0 Å². The highest BCUT2D eigenvalue weighted by molar-refractivity contribution is 5.72. The minimum Gasteiger partial charge on any atom is -0.261 e. The molecule has 0 aromatic heterocycles. The van der Waals surface area contributed by atoms with Crippen LogP contribution in [0.4, 0.5) is 0 Å². The zero-order chi connectivity index (χ0) is 10.4. The summed E-state index contributed by atoms with van der Waals surface area (Å²) in [5.41, 5.74) is 3.54. The summed E-state index contributed by atoms with van der Waals surface area (Å²) in [4.78, 5) is 4.35. The Morgan fingerprint density at radius 1 is 1.29 bits per heavy atom. The van der Waals surface area contributed by atoms with E-state index in [1.807, 2.05) is 13.1 Å². The molecule has 1 rings (SSSR count). The molecule has 74 valence electrons. The van der Waals surface area contributed by atoms with Crippen molar-refractivity contribution in [3.63, 3.8) is 0 Å². The van der Waals surface area contributed by atoms with Gasteiger partial charge in [0.1, 0.15) is 0 Å². The van der Waals surface area contributed by atoms with Crippen LogP contribution in [0, 0.1) is 6.92 Å². The predicted molar refractivity (Wildman–Crippen MR) is 63.6 cm³/mol. The number of benzene rings is 1. The molecule has 0 spiro atoms. The van der Waals surface area contributed by atoms with Crippen molar-refractivity contribution >= 4 is 11.9 Å². The van der Waals surface area contributed by atoms with Crippen LogP contribution >= 0.6 is 0 Å². The summed E-state index contributed by atoms with van der Waals surface area (Å²) in [5.74, 6) is 0. The van der Waals surface area contributed by atoms with Gasteiger partial charge in [0.05, 0.1) is 5.70 Å². The van der Waals surface area contributed by atoms with Gasteiger partial charge >= 0.3 is 0 Å². The molecule has 0 unspecified atom stereocenters. The van der Waals surface area contributed by atoms with Gasteiger partial charge < -0.3 is 0 Å². The van der Waals surface area contributed by atoms with Crippen LogP contribution in [-0.4, -0.2) is 6.21 Å². The van der Waals surface area contributed by atoms with Crippen LogP contribution in [0.2, 0.25) is 0 Å². The molecule has 0 saturated carbocycles. The van der Waals surface area contributed by atoms with E-state index >= 15 is 0 Å². The number of hydrogen-bond donors (Lipinski definition) is 0. The average Bonchev–Trinajstić information content (AvgIpc) is 2.19. The zero-order valence-electron chi connectivity index (χ0n) is 9.12. The first-order valence-electron chi connectivity index (χ1n) is 5.03. The van der Waals surface area contributed by atoms with Gasteiger partial charge in [-0.25, -0.2) is 0 Å². The van der Waals surface area contributed by atoms with Crippen molar-refractivity contribution in [2.24, 2.45) is 4.99 Å². The lowest BCUT2D eigenvalue weighted by Crippen LogP contribution is -1.82. The molecule has 0 fully saturated rings. The molecule has 0 aliphatic carbocycles. The monoisotopic (exact) mass is 187 g/mol. The number of aryl methyl sites for hydroxylation is 1. The molecular weight excluding hydrogens is 170 g/mol. The van der Waals surface area contributed by atoms with Crippen molar-refractivity contribution in [3.8, 4) is 0 Å². The fraction of sp³-hybridized carbons (Fsp3) is 0.308. The minimum atomic E-state index is 1.01. The molecule has 1 nitrogen and oxygen atoms in total. The Morgan fingerprint density at radius 3 is 2.43 bits per heavy atom. The van der Waals surface area contributed by atoms with Crippen molar-refractivity contribution in [2.75, 3.05) is 0 Å². The SMILES string of the molecule is CC=N/C(=C\CC)c1ccc(C)cc1. The quantitative estimate of drug-likeness (QED) is 0.637. The summed E-state index contributed by atoms with van der Waals surface area (Å²) < 4.78 is 0. The first kappa shape index (κ1) is 10.7. The molecule has 1 aromatic carbocycles. The largest absolute Gasteiger partial charge is 0.261 e. The van der Waals surface area contributed by atoms with E-state index in [9.17, 15) is 0 Å². The molecule has 0 radical (unpaired) electrons. The lowest BCUT2D eigenvalue weighted by molar-refractivity contribution is 1.22. The minimum absolute atomic E-state index is 1.01. The third kappa shape index (κ3) is 2.84. The van der Waals surface area contributed by atoms with Gasteiger partial charge in [0.2, 0.25) is 0 Å². The molecule has 0 bridgehead atoms. The maximum Gasteiger partial charge on any atom is 0.0657 e. The molecule has 14 heavy (non-hydrogen) atoms. The van der Waals surface area contributed by atoms with E-state index in [-0.39, 0.29) is 0 Å². The first-order chi connectivity index (χ1) is 6.77. The van der Waals surface area contributed by atoms with Gasteiger partial charge in [-0.1, -0.05) is 42.8 Å². The fourth-order valence-electron chi connectivity index (χ4n) is 1.30. The lowest BCUT2D eigenvalue weighted by atomic mass is 10.1. The van der Waals surface area contributed by atoms with Crippen LogP contribution in [0.1, 0.15) is 31.4 Å². The van der Waals surface area contributed by atoms with Crippen LogP contribution in [-0.2, 0) is 0 Å². The van der Waals surface area contributed by atoms with Gasteiger partial charge in [0.15, 0.2) is 0 Å². The summed E-state index contributed by atoms with van der Waals surface area (Å²) in [6.45, 7) is 6.16. The first-order valence-corrected chi connectivity index (χ1v) is 5.03. The van der Waals surface area contributed by atoms with Crippen LogP contribution in [0.25, 0.3) is 5.70 Å². The smallest absolute Gasteiger partial charge is 0.0657 e. The zero-order valence-corrected chi connectivity index (χ0v) is 9.12. The molecule has 0 atom stereocenters. The Balaban J connectivity index is 3.00. The van der Waals surface area contributed by atoms with E-state index in [1.54, 1.807) is 0 Å². The van der Waals surface area contributed by atoms with Crippen molar-refractivity contribution in [1.82, 2.24) is 0 Å². The third-order valence-electron chi connectivity index (χ3n) is 2.01. The molecule has 0 saturated heterocycles.